The molecule has 2 rings (SSSR count). The maximum atomic E-state index is 5.57. The van der Waals surface area contributed by atoms with Crippen LogP contribution in [0.4, 0.5) is 0 Å². The van der Waals surface area contributed by atoms with E-state index in [2.05, 4.69) is 44.2 Å². The minimum Gasteiger partial charge on any atom is -0.493 e. The van der Waals surface area contributed by atoms with Crippen LogP contribution >= 0.6 is 11.8 Å². The monoisotopic (exact) mass is 302 g/mol. The Bertz CT molecular complexity index is 578. The van der Waals surface area contributed by atoms with Gasteiger partial charge in [-0.25, -0.2) is 0 Å². The summed E-state index contributed by atoms with van der Waals surface area (Å²) in [4.78, 5) is 1.28. The summed E-state index contributed by atoms with van der Waals surface area (Å²) in [6.07, 6.45) is 1.03. The second-order valence-corrected chi connectivity index (χ2v) is 6.19. The normalized spacial score (nSPS) is 12.0. The third-order valence-electron chi connectivity index (χ3n) is 3.45. The van der Waals surface area contributed by atoms with Gasteiger partial charge in [-0.1, -0.05) is 36.8 Å². The molecular formula is C18H22O2S. The average Bonchev–Trinajstić information content (AvgIpc) is 2.53. The summed E-state index contributed by atoms with van der Waals surface area (Å²) in [5, 5.41) is 0.345. The summed E-state index contributed by atoms with van der Waals surface area (Å²) in [6, 6.07) is 14.7. The minimum absolute atomic E-state index is 0.345. The van der Waals surface area contributed by atoms with Crippen LogP contribution in [0.5, 0.6) is 11.5 Å². The second kappa shape index (κ2) is 7.41. The van der Waals surface area contributed by atoms with Crippen molar-refractivity contribution in [2.45, 2.75) is 30.4 Å². The zero-order chi connectivity index (χ0) is 15.2. The van der Waals surface area contributed by atoms with Gasteiger partial charge in [0.1, 0.15) is 0 Å². The number of benzene rings is 2. The Morgan fingerprint density at radius 1 is 1.00 bits per heavy atom. The Kier molecular flexibility index (Phi) is 5.57. The Morgan fingerprint density at radius 3 is 2.29 bits per heavy atom. The van der Waals surface area contributed by atoms with Crippen molar-refractivity contribution in [2.75, 3.05) is 14.2 Å². The summed E-state index contributed by atoms with van der Waals surface area (Å²) in [7, 11) is 3.38. The van der Waals surface area contributed by atoms with Gasteiger partial charge in [0.15, 0.2) is 11.5 Å². The number of ether oxygens (including phenoxy) is 2. The molecule has 112 valence electrons. The first-order chi connectivity index (χ1) is 10.2. The van der Waals surface area contributed by atoms with Crippen molar-refractivity contribution >= 4 is 11.8 Å². The molecule has 0 aliphatic heterocycles. The third kappa shape index (κ3) is 3.73. The van der Waals surface area contributed by atoms with Crippen LogP contribution in [0.2, 0.25) is 0 Å². The molecule has 0 heterocycles. The number of methoxy groups -OCH3 is 2. The van der Waals surface area contributed by atoms with Crippen molar-refractivity contribution in [1.29, 1.82) is 0 Å². The first kappa shape index (κ1) is 15.8. The Hall–Kier alpha value is -1.61. The van der Waals surface area contributed by atoms with E-state index in [1.54, 1.807) is 14.2 Å². The lowest BCUT2D eigenvalue weighted by atomic mass is 10.1. The highest BCUT2D eigenvalue weighted by atomic mass is 32.2. The van der Waals surface area contributed by atoms with Gasteiger partial charge in [0.05, 0.1) is 14.2 Å². The van der Waals surface area contributed by atoms with Crippen molar-refractivity contribution in [3.63, 3.8) is 0 Å². The smallest absolute Gasteiger partial charge is 0.165 e. The van der Waals surface area contributed by atoms with Crippen LogP contribution in [-0.4, -0.2) is 14.2 Å². The minimum atomic E-state index is 0.345. The summed E-state index contributed by atoms with van der Waals surface area (Å²) in [5.74, 6) is 1.63. The van der Waals surface area contributed by atoms with Crippen LogP contribution in [0.3, 0.4) is 0 Å². The van der Waals surface area contributed by atoms with Crippen molar-refractivity contribution < 1.29 is 9.47 Å². The zero-order valence-corrected chi connectivity index (χ0v) is 13.9. The molecular weight excluding hydrogens is 280 g/mol. The van der Waals surface area contributed by atoms with Crippen LogP contribution in [-0.2, 0) is 0 Å². The Labute approximate surface area is 131 Å². The molecule has 0 saturated carbocycles. The Morgan fingerprint density at radius 2 is 1.71 bits per heavy atom. The maximum absolute atomic E-state index is 5.57. The summed E-state index contributed by atoms with van der Waals surface area (Å²) >= 11 is 1.86. The van der Waals surface area contributed by atoms with Gasteiger partial charge >= 0.3 is 0 Å². The number of hydrogen-bond donors (Lipinski definition) is 0. The highest BCUT2D eigenvalue weighted by Gasteiger charge is 2.18. The molecule has 21 heavy (non-hydrogen) atoms. The number of thioether (sulfide) groups is 1. The predicted octanol–water partition coefficient (Wildman–Crippen LogP) is 5.26. The van der Waals surface area contributed by atoms with E-state index < -0.39 is 0 Å². The molecule has 0 saturated heterocycles. The van der Waals surface area contributed by atoms with Gasteiger partial charge in [-0.15, -0.1) is 11.8 Å². The Balaban J connectivity index is 2.31. The van der Waals surface area contributed by atoms with Gasteiger partial charge in [0, 0.05) is 15.7 Å². The van der Waals surface area contributed by atoms with Crippen LogP contribution in [0, 0.1) is 6.92 Å². The standard InChI is InChI=1S/C18H22O2S/c1-5-17(21-14-11-9-13(2)10-12-14)15-7-6-8-16(19-3)18(15)20-4/h6-12,17H,5H2,1-4H3. The molecule has 0 fully saturated rings. The van der Waals surface area contributed by atoms with Gasteiger partial charge in [0.25, 0.3) is 0 Å². The highest BCUT2D eigenvalue weighted by Crippen LogP contribution is 2.44. The molecule has 0 aromatic heterocycles. The van der Waals surface area contributed by atoms with Crippen molar-refractivity contribution in [3.8, 4) is 11.5 Å². The lowest BCUT2D eigenvalue weighted by Crippen LogP contribution is -1.99. The zero-order valence-electron chi connectivity index (χ0n) is 13.1. The van der Waals surface area contributed by atoms with Gasteiger partial charge < -0.3 is 9.47 Å². The molecule has 0 spiro atoms. The summed E-state index contributed by atoms with van der Waals surface area (Å²) in [6.45, 7) is 4.31. The fourth-order valence-corrected chi connectivity index (χ4v) is 3.41. The van der Waals surface area contributed by atoms with E-state index in [1.165, 1.54) is 16.0 Å². The molecule has 0 N–H and O–H groups in total. The predicted molar refractivity (Wildman–Crippen MR) is 89.6 cm³/mol. The first-order valence-corrected chi connectivity index (χ1v) is 8.01. The van der Waals surface area contributed by atoms with Crippen LogP contribution in [0.25, 0.3) is 0 Å². The molecule has 0 radical (unpaired) electrons. The molecule has 0 aliphatic carbocycles. The average molecular weight is 302 g/mol. The summed E-state index contributed by atoms with van der Waals surface area (Å²) in [5.41, 5.74) is 2.47. The molecule has 2 nitrogen and oxygen atoms in total. The van der Waals surface area contributed by atoms with Crippen LogP contribution < -0.4 is 9.47 Å². The van der Waals surface area contributed by atoms with Gasteiger partial charge in [-0.05, 0) is 31.5 Å². The largest absolute Gasteiger partial charge is 0.493 e. The molecule has 0 aliphatic rings. The molecule has 1 atom stereocenters. The number of rotatable bonds is 6. The van der Waals surface area contributed by atoms with E-state index in [9.17, 15) is 0 Å². The lowest BCUT2D eigenvalue weighted by molar-refractivity contribution is 0.351. The van der Waals surface area contributed by atoms with Gasteiger partial charge in [-0.3, -0.25) is 0 Å². The van der Waals surface area contributed by atoms with E-state index in [1.807, 2.05) is 23.9 Å². The van der Waals surface area contributed by atoms with E-state index >= 15 is 0 Å². The van der Waals surface area contributed by atoms with Crippen molar-refractivity contribution in [2.24, 2.45) is 0 Å². The molecule has 0 amide bonds. The summed E-state index contributed by atoms with van der Waals surface area (Å²) < 4.78 is 11.0. The maximum Gasteiger partial charge on any atom is 0.165 e. The number of hydrogen-bond acceptors (Lipinski definition) is 3. The molecule has 1 unspecified atom stereocenters. The third-order valence-corrected chi connectivity index (χ3v) is 4.87. The molecule has 3 heteroatoms. The van der Waals surface area contributed by atoms with Crippen LogP contribution in [0.1, 0.15) is 29.7 Å². The van der Waals surface area contributed by atoms with E-state index in [0.717, 1.165) is 17.9 Å². The second-order valence-electron chi connectivity index (χ2n) is 4.91. The SMILES string of the molecule is CCC(Sc1ccc(C)cc1)c1cccc(OC)c1OC. The molecule has 2 aromatic carbocycles. The lowest BCUT2D eigenvalue weighted by Gasteiger charge is -2.19. The van der Waals surface area contributed by atoms with Gasteiger partial charge in [-0.2, -0.15) is 0 Å². The first-order valence-electron chi connectivity index (χ1n) is 7.13. The van der Waals surface area contributed by atoms with Crippen molar-refractivity contribution in [3.05, 3.63) is 53.6 Å². The van der Waals surface area contributed by atoms with Crippen molar-refractivity contribution in [1.82, 2.24) is 0 Å². The number of para-hydroxylation sites is 1. The quantitative estimate of drug-likeness (QED) is 0.678. The fourth-order valence-electron chi connectivity index (χ4n) is 2.31. The molecule has 0 bridgehead atoms. The molecule has 2 aromatic rings. The fraction of sp³-hybridized carbons (Fsp3) is 0.333. The van der Waals surface area contributed by atoms with E-state index in [-0.39, 0.29) is 0 Å². The van der Waals surface area contributed by atoms with Gasteiger partial charge in [0.2, 0.25) is 0 Å². The van der Waals surface area contributed by atoms with Crippen LogP contribution in [0.15, 0.2) is 47.4 Å². The van der Waals surface area contributed by atoms with E-state index in [4.69, 9.17) is 9.47 Å². The van der Waals surface area contributed by atoms with E-state index in [0.29, 0.717) is 5.25 Å². The topological polar surface area (TPSA) is 18.5 Å². The highest BCUT2D eigenvalue weighted by molar-refractivity contribution is 7.99. The number of aryl methyl sites for hydroxylation is 1.